The second-order valence-electron chi connectivity index (χ2n) is 5.55. The van der Waals surface area contributed by atoms with Gasteiger partial charge in [-0.3, -0.25) is 4.79 Å². The minimum atomic E-state index is 0.0624. The highest BCUT2D eigenvalue weighted by atomic mass is 16.5. The largest absolute Gasteiger partial charge is 0.491 e. The van der Waals surface area contributed by atoms with Gasteiger partial charge in [-0.25, -0.2) is 0 Å². The summed E-state index contributed by atoms with van der Waals surface area (Å²) in [6.07, 6.45) is 0. The van der Waals surface area contributed by atoms with Gasteiger partial charge < -0.3 is 19.7 Å². The second-order valence-corrected chi connectivity index (χ2v) is 5.55. The zero-order valence-corrected chi connectivity index (χ0v) is 13.0. The lowest BCUT2D eigenvalue weighted by atomic mass is 10.1. The van der Waals surface area contributed by atoms with Gasteiger partial charge in [0.1, 0.15) is 12.4 Å². The summed E-state index contributed by atoms with van der Waals surface area (Å²) in [5, 5.41) is 3.43. The first-order valence-electron chi connectivity index (χ1n) is 7.37. The highest BCUT2D eigenvalue weighted by Gasteiger charge is 2.25. The van der Waals surface area contributed by atoms with Crippen LogP contribution in [0, 0.1) is 0 Å². The van der Waals surface area contributed by atoms with Crippen LogP contribution in [0.15, 0.2) is 24.3 Å². The van der Waals surface area contributed by atoms with Gasteiger partial charge in [0.2, 0.25) is 0 Å². The summed E-state index contributed by atoms with van der Waals surface area (Å²) in [7, 11) is 1.63. The smallest absolute Gasteiger partial charge is 0.254 e. The number of hydrogen-bond donors (Lipinski definition) is 1. The number of ether oxygens (including phenoxy) is 2. The van der Waals surface area contributed by atoms with E-state index in [0.29, 0.717) is 36.6 Å². The third kappa shape index (κ3) is 4.44. The van der Waals surface area contributed by atoms with Crippen LogP contribution in [-0.4, -0.2) is 56.3 Å². The lowest BCUT2D eigenvalue weighted by Gasteiger charge is -2.36. The highest BCUT2D eigenvalue weighted by molar-refractivity contribution is 5.94. The number of hydrogen-bond acceptors (Lipinski definition) is 4. The van der Waals surface area contributed by atoms with E-state index in [-0.39, 0.29) is 5.91 Å². The molecule has 0 aromatic heterocycles. The molecule has 1 amide bonds. The first kappa shape index (κ1) is 15.8. The van der Waals surface area contributed by atoms with Crippen molar-refractivity contribution in [3.05, 3.63) is 29.8 Å². The number of nitrogens with one attached hydrogen (secondary N) is 1. The predicted octanol–water partition coefficient (Wildman–Crippen LogP) is 1.53. The van der Waals surface area contributed by atoms with E-state index in [1.807, 2.05) is 23.1 Å². The third-order valence-corrected chi connectivity index (χ3v) is 3.48. The van der Waals surface area contributed by atoms with E-state index in [9.17, 15) is 4.79 Å². The van der Waals surface area contributed by atoms with Gasteiger partial charge in [0.15, 0.2) is 0 Å². The van der Waals surface area contributed by atoms with Crippen molar-refractivity contribution in [1.29, 1.82) is 0 Å². The van der Waals surface area contributed by atoms with Crippen LogP contribution in [-0.2, 0) is 4.74 Å². The van der Waals surface area contributed by atoms with Gasteiger partial charge in [-0.1, -0.05) is 6.07 Å². The number of piperazine rings is 1. The number of amides is 1. The van der Waals surface area contributed by atoms with Crippen molar-refractivity contribution in [2.24, 2.45) is 0 Å². The predicted molar refractivity (Wildman–Crippen MR) is 81.8 cm³/mol. The molecule has 2 atom stereocenters. The fourth-order valence-electron chi connectivity index (χ4n) is 2.64. The number of rotatable bonds is 5. The number of carbonyl (C=O) groups excluding carboxylic acids is 1. The molecule has 1 aromatic carbocycles. The number of methoxy groups -OCH3 is 1. The molecule has 5 nitrogen and oxygen atoms in total. The molecule has 0 radical (unpaired) electrons. The van der Waals surface area contributed by atoms with Crippen LogP contribution < -0.4 is 10.1 Å². The SMILES string of the molecule is COCCOc1cccc(C(=O)N2CC(C)NC(C)C2)c1. The summed E-state index contributed by atoms with van der Waals surface area (Å²) >= 11 is 0. The van der Waals surface area contributed by atoms with Crippen LogP contribution in [0.2, 0.25) is 0 Å². The van der Waals surface area contributed by atoms with Gasteiger partial charge >= 0.3 is 0 Å². The fraction of sp³-hybridized carbons (Fsp3) is 0.562. The van der Waals surface area contributed by atoms with E-state index in [1.165, 1.54) is 0 Å². The normalized spacial score (nSPS) is 22.1. The monoisotopic (exact) mass is 292 g/mol. The molecule has 1 aliphatic heterocycles. The quantitative estimate of drug-likeness (QED) is 0.836. The molecule has 1 saturated heterocycles. The van der Waals surface area contributed by atoms with Crippen molar-refractivity contribution in [2.45, 2.75) is 25.9 Å². The Labute approximate surface area is 126 Å². The molecular formula is C16H24N2O3. The molecule has 0 bridgehead atoms. The van der Waals surface area contributed by atoms with Gasteiger partial charge in [-0.15, -0.1) is 0 Å². The van der Waals surface area contributed by atoms with Gasteiger partial charge in [-0.2, -0.15) is 0 Å². The zero-order valence-electron chi connectivity index (χ0n) is 13.0. The molecule has 116 valence electrons. The molecule has 1 aromatic rings. The van der Waals surface area contributed by atoms with Crippen molar-refractivity contribution in [1.82, 2.24) is 10.2 Å². The molecule has 1 heterocycles. The molecule has 21 heavy (non-hydrogen) atoms. The van der Waals surface area contributed by atoms with E-state index in [0.717, 1.165) is 13.1 Å². The summed E-state index contributed by atoms with van der Waals surface area (Å²) < 4.78 is 10.5. The average molecular weight is 292 g/mol. The minimum Gasteiger partial charge on any atom is -0.491 e. The lowest BCUT2D eigenvalue weighted by Crippen LogP contribution is -2.55. The van der Waals surface area contributed by atoms with Crippen LogP contribution in [0.4, 0.5) is 0 Å². The Morgan fingerprint density at radius 1 is 1.29 bits per heavy atom. The molecule has 0 spiro atoms. The summed E-state index contributed by atoms with van der Waals surface area (Å²) in [4.78, 5) is 14.5. The van der Waals surface area contributed by atoms with E-state index in [1.54, 1.807) is 13.2 Å². The molecule has 2 rings (SSSR count). The Morgan fingerprint density at radius 3 is 2.67 bits per heavy atom. The Morgan fingerprint density at radius 2 is 2.00 bits per heavy atom. The molecule has 2 unspecified atom stereocenters. The Hall–Kier alpha value is -1.59. The third-order valence-electron chi connectivity index (χ3n) is 3.48. The fourth-order valence-corrected chi connectivity index (χ4v) is 2.64. The topological polar surface area (TPSA) is 50.8 Å². The lowest BCUT2D eigenvalue weighted by molar-refractivity contribution is 0.0673. The van der Waals surface area contributed by atoms with Crippen molar-refractivity contribution in [3.8, 4) is 5.75 Å². The summed E-state index contributed by atoms with van der Waals surface area (Å²) in [5.74, 6) is 0.765. The maximum absolute atomic E-state index is 12.6. The van der Waals surface area contributed by atoms with Gasteiger partial charge in [0.05, 0.1) is 6.61 Å². The molecule has 5 heteroatoms. The van der Waals surface area contributed by atoms with Crippen molar-refractivity contribution in [2.75, 3.05) is 33.4 Å². The van der Waals surface area contributed by atoms with Crippen molar-refractivity contribution < 1.29 is 14.3 Å². The Balaban J connectivity index is 2.03. The number of benzene rings is 1. The van der Waals surface area contributed by atoms with Crippen LogP contribution in [0.25, 0.3) is 0 Å². The summed E-state index contributed by atoms with van der Waals surface area (Å²) in [6.45, 7) is 6.68. The summed E-state index contributed by atoms with van der Waals surface area (Å²) in [5.41, 5.74) is 0.672. The zero-order chi connectivity index (χ0) is 15.2. The van der Waals surface area contributed by atoms with E-state index < -0.39 is 0 Å². The van der Waals surface area contributed by atoms with Crippen molar-refractivity contribution in [3.63, 3.8) is 0 Å². The minimum absolute atomic E-state index is 0.0624. The van der Waals surface area contributed by atoms with Crippen LogP contribution in [0.3, 0.4) is 0 Å². The maximum Gasteiger partial charge on any atom is 0.254 e. The average Bonchev–Trinajstić information content (AvgIpc) is 2.46. The number of nitrogens with zero attached hydrogens (tertiary/aromatic N) is 1. The number of carbonyl (C=O) groups is 1. The first-order chi connectivity index (χ1) is 10.1. The molecule has 1 aliphatic rings. The molecule has 1 fully saturated rings. The summed E-state index contributed by atoms with van der Waals surface area (Å²) in [6, 6.07) is 7.98. The molecular weight excluding hydrogens is 268 g/mol. The Bertz CT molecular complexity index is 468. The van der Waals surface area contributed by atoms with Gasteiger partial charge in [0.25, 0.3) is 5.91 Å². The van der Waals surface area contributed by atoms with E-state index in [4.69, 9.17) is 9.47 Å². The first-order valence-corrected chi connectivity index (χ1v) is 7.37. The Kier molecular flexibility index (Phi) is 5.59. The molecule has 1 N–H and O–H groups in total. The van der Waals surface area contributed by atoms with Gasteiger partial charge in [-0.05, 0) is 32.0 Å². The van der Waals surface area contributed by atoms with Crippen LogP contribution >= 0.6 is 0 Å². The van der Waals surface area contributed by atoms with Gasteiger partial charge in [0, 0.05) is 37.8 Å². The van der Waals surface area contributed by atoms with Crippen LogP contribution in [0.1, 0.15) is 24.2 Å². The molecule has 0 saturated carbocycles. The second kappa shape index (κ2) is 7.43. The standard InChI is InChI=1S/C16H24N2O3/c1-12-10-18(11-13(2)17-12)16(19)14-5-4-6-15(9-14)21-8-7-20-3/h4-6,9,12-13,17H,7-8,10-11H2,1-3H3. The maximum atomic E-state index is 12.6. The van der Waals surface area contributed by atoms with E-state index in [2.05, 4.69) is 19.2 Å². The molecule has 0 aliphatic carbocycles. The highest BCUT2D eigenvalue weighted by Crippen LogP contribution is 2.16. The van der Waals surface area contributed by atoms with E-state index >= 15 is 0 Å². The van der Waals surface area contributed by atoms with Crippen LogP contribution in [0.5, 0.6) is 5.75 Å². The van der Waals surface area contributed by atoms with Crippen molar-refractivity contribution >= 4 is 5.91 Å².